The summed E-state index contributed by atoms with van der Waals surface area (Å²) in [5.74, 6) is 0.148. The summed E-state index contributed by atoms with van der Waals surface area (Å²) in [6.07, 6.45) is 0. The van der Waals surface area contributed by atoms with Gasteiger partial charge in [0.05, 0.1) is 11.8 Å². The van der Waals surface area contributed by atoms with Crippen molar-refractivity contribution in [1.29, 1.82) is 0 Å². The monoisotopic (exact) mass is 298 g/mol. The maximum absolute atomic E-state index is 11.8. The van der Waals surface area contributed by atoms with Crippen LogP contribution in [0.5, 0.6) is 0 Å². The molecular weight excluding hydrogens is 284 g/mol. The van der Waals surface area contributed by atoms with E-state index in [2.05, 4.69) is 15.4 Å². The number of thioether (sulfide) groups is 1. The third-order valence-corrected chi connectivity index (χ3v) is 4.51. The molecule has 6 nitrogen and oxygen atoms in total. The molecule has 0 fully saturated rings. The van der Waals surface area contributed by atoms with Crippen LogP contribution in [-0.4, -0.2) is 26.4 Å². The number of rotatable bonds is 5. The van der Waals surface area contributed by atoms with Gasteiger partial charge in [-0.05, 0) is 18.4 Å². The number of carbonyl (C=O) groups is 1. The van der Waals surface area contributed by atoms with E-state index in [1.807, 2.05) is 24.4 Å². The fraction of sp³-hybridized carbons (Fsp3) is 0.364. The first-order valence-electron chi connectivity index (χ1n) is 5.65. The van der Waals surface area contributed by atoms with E-state index in [4.69, 9.17) is 0 Å². The number of amides is 1. The molecule has 2 aromatic rings. The van der Waals surface area contributed by atoms with Gasteiger partial charge in [-0.15, -0.1) is 11.3 Å². The average molecular weight is 298 g/mol. The highest BCUT2D eigenvalue weighted by Gasteiger charge is 2.12. The zero-order chi connectivity index (χ0) is 13.8. The fourth-order valence-electron chi connectivity index (χ4n) is 1.53. The summed E-state index contributed by atoms with van der Waals surface area (Å²) in [5.41, 5.74) is -0.405. The van der Waals surface area contributed by atoms with Crippen molar-refractivity contribution in [1.82, 2.24) is 20.1 Å². The Kier molecular flexibility index (Phi) is 4.43. The van der Waals surface area contributed by atoms with Crippen molar-refractivity contribution >= 4 is 29.0 Å². The molecule has 0 spiro atoms. The van der Waals surface area contributed by atoms with Crippen molar-refractivity contribution in [2.75, 3.05) is 5.75 Å². The number of thiophene rings is 1. The first-order valence-corrected chi connectivity index (χ1v) is 7.51. The lowest BCUT2D eigenvalue weighted by atomic mass is 10.3. The Morgan fingerprint density at radius 1 is 1.68 bits per heavy atom. The molecule has 0 saturated heterocycles. The Morgan fingerprint density at radius 3 is 3.05 bits per heavy atom. The van der Waals surface area contributed by atoms with Gasteiger partial charge in [-0.2, -0.15) is 4.98 Å². The van der Waals surface area contributed by atoms with Crippen molar-refractivity contribution in [3.05, 3.63) is 32.9 Å². The zero-order valence-corrected chi connectivity index (χ0v) is 12.2. The second-order valence-electron chi connectivity index (χ2n) is 3.96. The Morgan fingerprint density at radius 2 is 2.47 bits per heavy atom. The largest absolute Gasteiger partial charge is 0.362 e. The van der Waals surface area contributed by atoms with Gasteiger partial charge in [0.15, 0.2) is 5.16 Å². The molecule has 0 aromatic carbocycles. The molecule has 1 amide bonds. The van der Waals surface area contributed by atoms with Crippen LogP contribution in [0.25, 0.3) is 0 Å². The number of nitrogens with zero attached hydrogens (tertiary/aromatic N) is 2. The highest BCUT2D eigenvalue weighted by molar-refractivity contribution is 7.99. The van der Waals surface area contributed by atoms with Gasteiger partial charge in [-0.25, -0.2) is 9.89 Å². The molecule has 8 heteroatoms. The van der Waals surface area contributed by atoms with Crippen LogP contribution in [0.2, 0.25) is 0 Å². The van der Waals surface area contributed by atoms with Crippen LogP contribution in [-0.2, 0) is 11.8 Å². The van der Waals surface area contributed by atoms with E-state index in [1.165, 1.54) is 16.4 Å². The van der Waals surface area contributed by atoms with Crippen LogP contribution in [0.4, 0.5) is 0 Å². The van der Waals surface area contributed by atoms with Gasteiger partial charge >= 0.3 is 5.69 Å². The highest BCUT2D eigenvalue weighted by Crippen LogP contribution is 2.18. The van der Waals surface area contributed by atoms with E-state index >= 15 is 0 Å². The number of aromatic amines is 1. The van der Waals surface area contributed by atoms with Crippen LogP contribution < -0.4 is 11.0 Å². The predicted octanol–water partition coefficient (Wildman–Crippen LogP) is 1.14. The Labute approximate surface area is 118 Å². The van der Waals surface area contributed by atoms with Crippen LogP contribution in [0.1, 0.15) is 17.8 Å². The van der Waals surface area contributed by atoms with Gasteiger partial charge < -0.3 is 5.32 Å². The van der Waals surface area contributed by atoms with Crippen molar-refractivity contribution < 1.29 is 4.79 Å². The first-order chi connectivity index (χ1) is 9.06. The summed E-state index contributed by atoms with van der Waals surface area (Å²) in [6.45, 7) is 1.94. The molecule has 102 valence electrons. The number of H-pyrrole nitrogens is 1. The summed E-state index contributed by atoms with van der Waals surface area (Å²) in [5, 5.41) is 7.88. The Hall–Kier alpha value is -1.54. The SMILES string of the molecule is C[C@@H](NC(=O)CSc1nc(=O)[nH]n1C)c1cccs1. The molecule has 0 aliphatic carbocycles. The van der Waals surface area contributed by atoms with E-state index < -0.39 is 5.69 Å². The lowest BCUT2D eigenvalue weighted by molar-refractivity contribution is -0.119. The van der Waals surface area contributed by atoms with E-state index in [1.54, 1.807) is 18.4 Å². The maximum Gasteiger partial charge on any atom is 0.362 e. The number of nitrogens with one attached hydrogen (secondary N) is 2. The summed E-state index contributed by atoms with van der Waals surface area (Å²) in [6, 6.07) is 3.94. The van der Waals surface area contributed by atoms with Crippen molar-refractivity contribution in [3.63, 3.8) is 0 Å². The summed E-state index contributed by atoms with van der Waals surface area (Å²) in [7, 11) is 1.68. The smallest absolute Gasteiger partial charge is 0.348 e. The summed E-state index contributed by atoms with van der Waals surface area (Å²) < 4.78 is 1.50. The number of aryl methyl sites for hydroxylation is 1. The summed E-state index contributed by atoms with van der Waals surface area (Å²) >= 11 is 2.84. The van der Waals surface area contributed by atoms with Gasteiger partial charge in [-0.1, -0.05) is 17.8 Å². The molecule has 1 atom stereocenters. The molecule has 0 saturated carbocycles. The fourth-order valence-corrected chi connectivity index (χ4v) is 2.99. The standard InChI is InChI=1S/C11H14N4O2S2/c1-7(8-4-3-5-18-8)12-9(16)6-19-11-13-10(17)14-15(11)2/h3-5,7H,6H2,1-2H3,(H,12,16)(H,14,17)/t7-/m1/s1. The molecule has 2 aromatic heterocycles. The van der Waals surface area contributed by atoms with Gasteiger partial charge in [0.2, 0.25) is 5.91 Å². The Balaban J connectivity index is 1.85. The number of aromatic nitrogens is 3. The predicted molar refractivity (Wildman–Crippen MR) is 75.4 cm³/mol. The molecule has 0 aliphatic heterocycles. The molecule has 19 heavy (non-hydrogen) atoms. The molecule has 0 unspecified atom stereocenters. The molecule has 0 bridgehead atoms. The summed E-state index contributed by atoms with van der Waals surface area (Å²) in [4.78, 5) is 27.6. The third kappa shape index (κ3) is 3.71. The minimum absolute atomic E-state index is 0.00361. The zero-order valence-electron chi connectivity index (χ0n) is 10.5. The second-order valence-corrected chi connectivity index (χ2v) is 5.89. The minimum Gasteiger partial charge on any atom is -0.348 e. The molecule has 0 radical (unpaired) electrons. The van der Waals surface area contributed by atoms with Gasteiger partial charge in [0.25, 0.3) is 0 Å². The first kappa shape index (κ1) is 13.9. The van der Waals surface area contributed by atoms with Gasteiger partial charge in [0.1, 0.15) is 0 Å². The molecular formula is C11H14N4O2S2. The Bertz CT molecular complexity index is 602. The van der Waals surface area contributed by atoms with Crippen molar-refractivity contribution in [2.45, 2.75) is 18.1 Å². The van der Waals surface area contributed by atoms with Crippen LogP contribution in [0.15, 0.2) is 27.5 Å². The highest BCUT2D eigenvalue weighted by atomic mass is 32.2. The lowest BCUT2D eigenvalue weighted by Gasteiger charge is -2.11. The van der Waals surface area contributed by atoms with E-state index in [0.717, 1.165) is 4.88 Å². The van der Waals surface area contributed by atoms with Crippen LogP contribution >= 0.6 is 23.1 Å². The van der Waals surface area contributed by atoms with Crippen LogP contribution in [0.3, 0.4) is 0 Å². The van der Waals surface area contributed by atoms with Gasteiger partial charge in [-0.3, -0.25) is 9.48 Å². The normalized spacial score (nSPS) is 12.3. The second kappa shape index (κ2) is 6.07. The van der Waals surface area contributed by atoms with E-state index in [-0.39, 0.29) is 17.7 Å². The molecule has 0 aliphatic rings. The third-order valence-electron chi connectivity index (χ3n) is 2.43. The molecule has 2 heterocycles. The molecule has 2 N–H and O–H groups in total. The van der Waals surface area contributed by atoms with Crippen molar-refractivity contribution in [2.24, 2.45) is 7.05 Å². The number of hydrogen-bond acceptors (Lipinski definition) is 5. The average Bonchev–Trinajstić information content (AvgIpc) is 2.96. The topological polar surface area (TPSA) is 79.8 Å². The maximum atomic E-state index is 11.8. The number of carbonyl (C=O) groups excluding carboxylic acids is 1. The van der Waals surface area contributed by atoms with Crippen molar-refractivity contribution in [3.8, 4) is 0 Å². The minimum atomic E-state index is -0.405. The van der Waals surface area contributed by atoms with Crippen LogP contribution in [0, 0.1) is 0 Å². The quantitative estimate of drug-likeness (QED) is 0.811. The van der Waals surface area contributed by atoms with E-state index in [0.29, 0.717) is 5.16 Å². The van der Waals surface area contributed by atoms with Gasteiger partial charge in [0, 0.05) is 11.9 Å². The van der Waals surface area contributed by atoms with E-state index in [9.17, 15) is 9.59 Å². The lowest BCUT2D eigenvalue weighted by Crippen LogP contribution is -2.27. The molecule has 2 rings (SSSR count). The number of hydrogen-bond donors (Lipinski definition) is 2.